The summed E-state index contributed by atoms with van der Waals surface area (Å²) in [6.07, 6.45) is 4.50. The molecule has 0 fully saturated rings. The fourth-order valence-corrected chi connectivity index (χ4v) is 2.93. The second kappa shape index (κ2) is 6.76. The van der Waals surface area contributed by atoms with Crippen LogP contribution in [0.4, 0.5) is 5.95 Å². The summed E-state index contributed by atoms with van der Waals surface area (Å²) in [7, 11) is 0. The van der Waals surface area contributed by atoms with Crippen molar-refractivity contribution in [1.29, 1.82) is 0 Å². The summed E-state index contributed by atoms with van der Waals surface area (Å²) < 4.78 is 5.91. The first-order chi connectivity index (χ1) is 11.9. The molecule has 1 aliphatic rings. The molecule has 24 heavy (non-hydrogen) atoms. The molecule has 0 aliphatic carbocycles. The average Bonchev–Trinajstić information content (AvgIpc) is 2.67. The molecule has 0 saturated carbocycles. The van der Waals surface area contributed by atoms with E-state index in [1.807, 2.05) is 24.3 Å². The van der Waals surface area contributed by atoms with Crippen LogP contribution in [-0.2, 0) is 11.2 Å². The minimum atomic E-state index is 0.0251. The number of nitrogens with one attached hydrogen (secondary N) is 1. The molecule has 2 aromatic heterocycles. The molecule has 0 amide bonds. The first-order valence-electron chi connectivity index (χ1n) is 8.08. The molecular formula is C19H18N4O. The molecule has 5 nitrogen and oxygen atoms in total. The molecule has 1 aliphatic heterocycles. The fourth-order valence-electron chi connectivity index (χ4n) is 2.93. The van der Waals surface area contributed by atoms with Gasteiger partial charge < -0.3 is 10.1 Å². The van der Waals surface area contributed by atoms with E-state index in [0.29, 0.717) is 12.5 Å². The highest BCUT2D eigenvalue weighted by Crippen LogP contribution is 2.27. The van der Waals surface area contributed by atoms with Crippen molar-refractivity contribution in [1.82, 2.24) is 15.0 Å². The minimum Gasteiger partial charge on any atom is -0.371 e. The minimum absolute atomic E-state index is 0.0251. The van der Waals surface area contributed by atoms with Crippen LogP contribution >= 0.6 is 0 Å². The van der Waals surface area contributed by atoms with Gasteiger partial charge >= 0.3 is 0 Å². The number of hydrogen-bond donors (Lipinski definition) is 1. The van der Waals surface area contributed by atoms with Crippen molar-refractivity contribution >= 4 is 5.95 Å². The fraction of sp³-hybridized carbons (Fsp3) is 0.211. The van der Waals surface area contributed by atoms with E-state index in [0.717, 1.165) is 24.4 Å². The number of benzene rings is 1. The highest BCUT2D eigenvalue weighted by atomic mass is 16.5. The average molecular weight is 318 g/mol. The lowest BCUT2D eigenvalue weighted by Crippen LogP contribution is -2.23. The van der Waals surface area contributed by atoms with Gasteiger partial charge in [-0.25, -0.2) is 9.97 Å². The summed E-state index contributed by atoms with van der Waals surface area (Å²) >= 11 is 0. The van der Waals surface area contributed by atoms with Crippen molar-refractivity contribution in [3.8, 4) is 11.4 Å². The van der Waals surface area contributed by atoms with Gasteiger partial charge in [0.25, 0.3) is 0 Å². The van der Waals surface area contributed by atoms with E-state index in [9.17, 15) is 0 Å². The zero-order chi connectivity index (χ0) is 16.2. The van der Waals surface area contributed by atoms with Crippen LogP contribution in [-0.4, -0.2) is 28.1 Å². The number of nitrogens with zero attached hydrogens (tertiary/aromatic N) is 3. The number of rotatable bonds is 4. The standard InChI is InChI=1S/C19H18N4O/c1-2-6-15-14(5-1)9-12-24-18(15)13-22-19-21-11-8-17(23-19)16-7-3-4-10-20-16/h1-8,10-11,18H,9,12-13H2,(H,21,22,23). The van der Waals surface area contributed by atoms with Gasteiger partial charge in [0.2, 0.25) is 5.95 Å². The Morgan fingerprint density at radius 2 is 1.88 bits per heavy atom. The first kappa shape index (κ1) is 14.8. The highest BCUT2D eigenvalue weighted by Gasteiger charge is 2.20. The Bertz CT molecular complexity index is 822. The van der Waals surface area contributed by atoms with E-state index in [4.69, 9.17) is 4.74 Å². The second-order valence-corrected chi connectivity index (χ2v) is 5.67. The molecule has 1 aromatic carbocycles. The Morgan fingerprint density at radius 3 is 2.79 bits per heavy atom. The third-order valence-corrected chi connectivity index (χ3v) is 4.12. The van der Waals surface area contributed by atoms with Crippen LogP contribution in [0.5, 0.6) is 0 Å². The Balaban J connectivity index is 1.49. The third-order valence-electron chi connectivity index (χ3n) is 4.12. The van der Waals surface area contributed by atoms with Gasteiger partial charge in [0.05, 0.1) is 18.0 Å². The molecule has 1 unspecified atom stereocenters. The molecular weight excluding hydrogens is 300 g/mol. The monoisotopic (exact) mass is 318 g/mol. The van der Waals surface area contributed by atoms with E-state index >= 15 is 0 Å². The zero-order valence-corrected chi connectivity index (χ0v) is 13.2. The van der Waals surface area contributed by atoms with Gasteiger partial charge in [-0.1, -0.05) is 30.3 Å². The van der Waals surface area contributed by atoms with Crippen molar-refractivity contribution in [2.75, 3.05) is 18.5 Å². The maximum atomic E-state index is 5.91. The molecule has 1 N–H and O–H groups in total. The molecule has 0 bridgehead atoms. The zero-order valence-electron chi connectivity index (χ0n) is 13.2. The van der Waals surface area contributed by atoms with E-state index in [1.165, 1.54) is 11.1 Å². The summed E-state index contributed by atoms with van der Waals surface area (Å²) in [5.74, 6) is 0.588. The largest absolute Gasteiger partial charge is 0.371 e. The normalized spacial score (nSPS) is 16.4. The molecule has 120 valence electrons. The van der Waals surface area contributed by atoms with Crippen molar-refractivity contribution in [3.63, 3.8) is 0 Å². The van der Waals surface area contributed by atoms with Crippen LogP contribution in [0.1, 0.15) is 17.2 Å². The summed E-state index contributed by atoms with van der Waals surface area (Å²) in [5.41, 5.74) is 4.25. The topological polar surface area (TPSA) is 59.9 Å². The molecule has 5 heteroatoms. The summed E-state index contributed by atoms with van der Waals surface area (Å²) in [4.78, 5) is 13.2. The van der Waals surface area contributed by atoms with E-state index in [-0.39, 0.29) is 6.10 Å². The number of anilines is 1. The van der Waals surface area contributed by atoms with Gasteiger partial charge in [-0.05, 0) is 35.7 Å². The predicted molar refractivity (Wildman–Crippen MR) is 92.6 cm³/mol. The van der Waals surface area contributed by atoms with Crippen molar-refractivity contribution < 1.29 is 4.74 Å². The van der Waals surface area contributed by atoms with Gasteiger partial charge in [0.15, 0.2) is 0 Å². The second-order valence-electron chi connectivity index (χ2n) is 5.67. The molecule has 3 heterocycles. The lowest BCUT2D eigenvalue weighted by Gasteiger charge is -2.26. The third kappa shape index (κ3) is 3.12. The van der Waals surface area contributed by atoms with Crippen molar-refractivity contribution in [2.24, 2.45) is 0 Å². The summed E-state index contributed by atoms with van der Waals surface area (Å²) in [6, 6.07) is 16.1. The smallest absolute Gasteiger partial charge is 0.223 e. The van der Waals surface area contributed by atoms with Crippen LogP contribution in [0.3, 0.4) is 0 Å². The maximum absolute atomic E-state index is 5.91. The molecule has 4 rings (SSSR count). The van der Waals surface area contributed by atoms with Crippen LogP contribution in [0.15, 0.2) is 60.9 Å². The van der Waals surface area contributed by atoms with Crippen LogP contribution < -0.4 is 5.32 Å². The quantitative estimate of drug-likeness (QED) is 0.800. The molecule has 3 aromatic rings. The number of pyridine rings is 1. The van der Waals surface area contributed by atoms with Crippen LogP contribution in [0.25, 0.3) is 11.4 Å². The lowest BCUT2D eigenvalue weighted by molar-refractivity contribution is 0.0512. The Morgan fingerprint density at radius 1 is 0.958 bits per heavy atom. The SMILES string of the molecule is c1ccc(-c2ccnc(NCC3OCCc4ccccc43)n2)nc1. The molecule has 1 atom stereocenters. The van der Waals surface area contributed by atoms with Gasteiger partial charge in [0, 0.05) is 18.9 Å². The summed E-state index contributed by atoms with van der Waals surface area (Å²) in [6.45, 7) is 1.39. The highest BCUT2D eigenvalue weighted by molar-refractivity contribution is 5.54. The Labute approximate surface area is 140 Å². The van der Waals surface area contributed by atoms with E-state index < -0.39 is 0 Å². The lowest BCUT2D eigenvalue weighted by atomic mass is 9.98. The maximum Gasteiger partial charge on any atom is 0.223 e. The first-order valence-corrected chi connectivity index (χ1v) is 8.08. The van der Waals surface area contributed by atoms with E-state index in [1.54, 1.807) is 12.4 Å². The predicted octanol–water partition coefficient (Wildman–Crippen LogP) is 3.26. The number of hydrogen-bond acceptors (Lipinski definition) is 5. The van der Waals surface area contributed by atoms with Crippen LogP contribution in [0, 0.1) is 0 Å². The molecule has 0 spiro atoms. The van der Waals surface area contributed by atoms with Gasteiger partial charge in [0.1, 0.15) is 6.10 Å². The summed E-state index contributed by atoms with van der Waals surface area (Å²) in [5, 5.41) is 3.29. The Hall–Kier alpha value is -2.79. The van der Waals surface area contributed by atoms with Crippen molar-refractivity contribution in [3.05, 3.63) is 72.1 Å². The Kier molecular flexibility index (Phi) is 4.16. The number of fused-ring (bicyclic) bond motifs is 1. The molecule has 0 saturated heterocycles. The number of aromatic nitrogens is 3. The van der Waals surface area contributed by atoms with Crippen LogP contribution in [0.2, 0.25) is 0 Å². The van der Waals surface area contributed by atoms with Gasteiger partial charge in [-0.3, -0.25) is 4.98 Å². The molecule has 0 radical (unpaired) electrons. The van der Waals surface area contributed by atoms with Crippen molar-refractivity contribution in [2.45, 2.75) is 12.5 Å². The van der Waals surface area contributed by atoms with E-state index in [2.05, 4.69) is 44.5 Å². The number of ether oxygens (including phenoxy) is 1. The van der Waals surface area contributed by atoms with Gasteiger partial charge in [-0.15, -0.1) is 0 Å². The van der Waals surface area contributed by atoms with Gasteiger partial charge in [-0.2, -0.15) is 0 Å².